The fourth-order valence-corrected chi connectivity index (χ4v) is 1.77. The van der Waals surface area contributed by atoms with Crippen LogP contribution in [0.4, 0.5) is 0 Å². The number of carbonyl (C=O) groups is 1. The van der Waals surface area contributed by atoms with Gasteiger partial charge >= 0.3 is 0 Å². The zero-order valence-electron chi connectivity index (χ0n) is 11.4. The highest BCUT2D eigenvalue weighted by Crippen LogP contribution is 2.08. The summed E-state index contributed by atoms with van der Waals surface area (Å²) in [6, 6.07) is 0. The number of amides is 1. The second-order valence-corrected chi connectivity index (χ2v) is 4.55. The van der Waals surface area contributed by atoms with Gasteiger partial charge in [-0.25, -0.2) is 4.68 Å². The molecule has 0 saturated carbocycles. The number of nitrogens with zero attached hydrogens (tertiary/aromatic N) is 3. The fourth-order valence-electron chi connectivity index (χ4n) is 1.77. The lowest BCUT2D eigenvalue weighted by atomic mass is 10.1. The van der Waals surface area contributed by atoms with E-state index in [0.29, 0.717) is 11.3 Å². The van der Waals surface area contributed by atoms with E-state index in [2.05, 4.69) is 5.10 Å². The Morgan fingerprint density at radius 1 is 1.50 bits per heavy atom. The zero-order chi connectivity index (χ0) is 14.0. The number of aryl methyl sites for hydroxylation is 2. The monoisotopic (exact) mass is 253 g/mol. The first kappa shape index (κ1) is 14.4. The number of hydrogen-bond donors (Lipinski definition) is 1. The Balaban J connectivity index is 3.25. The van der Waals surface area contributed by atoms with E-state index in [0.717, 1.165) is 4.68 Å². The minimum Gasteiger partial charge on any atom is -0.392 e. The van der Waals surface area contributed by atoms with Crippen LogP contribution in [0.2, 0.25) is 0 Å². The molecule has 1 atom stereocenters. The van der Waals surface area contributed by atoms with Crippen molar-refractivity contribution in [3.8, 4) is 0 Å². The molecular formula is C12H19N3O3. The van der Waals surface area contributed by atoms with Crippen molar-refractivity contribution in [3.63, 3.8) is 0 Å². The molecule has 0 fully saturated rings. The molecule has 0 radical (unpaired) electrons. The molecule has 0 aliphatic carbocycles. The Labute approximate surface area is 106 Å². The van der Waals surface area contributed by atoms with Gasteiger partial charge in [0, 0.05) is 20.6 Å². The van der Waals surface area contributed by atoms with Gasteiger partial charge in [-0.15, -0.1) is 0 Å². The van der Waals surface area contributed by atoms with Gasteiger partial charge in [0.2, 0.25) is 0 Å². The molecule has 0 aromatic carbocycles. The van der Waals surface area contributed by atoms with E-state index in [1.54, 1.807) is 27.8 Å². The third-order valence-corrected chi connectivity index (χ3v) is 2.82. The van der Waals surface area contributed by atoms with Crippen molar-refractivity contribution in [1.82, 2.24) is 14.7 Å². The van der Waals surface area contributed by atoms with E-state index in [4.69, 9.17) is 0 Å². The smallest absolute Gasteiger partial charge is 0.279 e. The maximum Gasteiger partial charge on any atom is 0.279 e. The number of aliphatic hydroxyl groups excluding tert-OH is 1. The first-order valence-electron chi connectivity index (χ1n) is 5.73. The molecule has 0 spiro atoms. The molecule has 1 rings (SSSR count). The van der Waals surface area contributed by atoms with Crippen LogP contribution >= 0.6 is 0 Å². The summed E-state index contributed by atoms with van der Waals surface area (Å²) in [6.07, 6.45) is -0.633. The number of aromatic nitrogens is 2. The lowest BCUT2D eigenvalue weighted by Crippen LogP contribution is -2.39. The SMILES string of the molecule is Cc1nn(C)c(=O)c(C(=O)N(C)CC(C)O)c1C. The topological polar surface area (TPSA) is 75.4 Å². The molecule has 0 saturated heterocycles. The number of aliphatic hydroxyl groups is 1. The van der Waals surface area contributed by atoms with E-state index >= 15 is 0 Å². The first-order valence-corrected chi connectivity index (χ1v) is 5.73. The zero-order valence-corrected chi connectivity index (χ0v) is 11.4. The molecule has 1 unspecified atom stereocenters. The summed E-state index contributed by atoms with van der Waals surface area (Å²) in [7, 11) is 3.07. The lowest BCUT2D eigenvalue weighted by Gasteiger charge is -2.20. The second kappa shape index (κ2) is 5.30. The average Bonchev–Trinajstić information content (AvgIpc) is 2.25. The molecular weight excluding hydrogens is 234 g/mol. The van der Waals surface area contributed by atoms with Crippen LogP contribution in [0.3, 0.4) is 0 Å². The normalized spacial score (nSPS) is 12.3. The van der Waals surface area contributed by atoms with Crippen molar-refractivity contribution in [2.24, 2.45) is 7.05 Å². The maximum absolute atomic E-state index is 12.2. The molecule has 0 bridgehead atoms. The molecule has 0 aliphatic heterocycles. The fraction of sp³-hybridized carbons (Fsp3) is 0.583. The van der Waals surface area contributed by atoms with Crippen LogP contribution in [-0.2, 0) is 7.05 Å². The van der Waals surface area contributed by atoms with Crippen molar-refractivity contribution in [2.75, 3.05) is 13.6 Å². The highest BCUT2D eigenvalue weighted by molar-refractivity contribution is 5.95. The summed E-state index contributed by atoms with van der Waals surface area (Å²) in [5.41, 5.74) is 0.931. The number of likely N-dealkylation sites (N-methyl/N-ethyl adjacent to an activating group) is 1. The van der Waals surface area contributed by atoms with Gasteiger partial charge in [-0.05, 0) is 26.3 Å². The van der Waals surface area contributed by atoms with Crippen molar-refractivity contribution >= 4 is 5.91 Å². The molecule has 1 heterocycles. The molecule has 6 nitrogen and oxygen atoms in total. The minimum absolute atomic E-state index is 0.119. The third-order valence-electron chi connectivity index (χ3n) is 2.82. The van der Waals surface area contributed by atoms with Crippen molar-refractivity contribution in [2.45, 2.75) is 26.9 Å². The maximum atomic E-state index is 12.2. The first-order chi connectivity index (χ1) is 8.25. The predicted molar refractivity (Wildman–Crippen MR) is 67.6 cm³/mol. The van der Waals surface area contributed by atoms with E-state index in [9.17, 15) is 14.7 Å². The van der Waals surface area contributed by atoms with Gasteiger partial charge in [-0.1, -0.05) is 0 Å². The largest absolute Gasteiger partial charge is 0.392 e. The minimum atomic E-state index is -0.633. The van der Waals surface area contributed by atoms with Gasteiger partial charge in [0.15, 0.2) is 0 Å². The van der Waals surface area contributed by atoms with Gasteiger partial charge in [0.1, 0.15) is 5.56 Å². The van der Waals surface area contributed by atoms with E-state index in [-0.39, 0.29) is 18.0 Å². The summed E-state index contributed by atoms with van der Waals surface area (Å²) in [4.78, 5) is 25.5. The Morgan fingerprint density at radius 2 is 2.06 bits per heavy atom. The van der Waals surface area contributed by atoms with Crippen LogP contribution in [0.25, 0.3) is 0 Å². The van der Waals surface area contributed by atoms with Crippen molar-refractivity contribution in [1.29, 1.82) is 0 Å². The van der Waals surface area contributed by atoms with E-state index in [1.165, 1.54) is 11.9 Å². The van der Waals surface area contributed by atoms with E-state index in [1.807, 2.05) is 0 Å². The van der Waals surface area contributed by atoms with Crippen LogP contribution < -0.4 is 5.56 Å². The highest BCUT2D eigenvalue weighted by atomic mass is 16.3. The standard InChI is InChI=1S/C12H19N3O3/c1-7(16)6-14(4)11(17)10-8(2)9(3)13-15(5)12(10)18/h7,16H,6H2,1-5H3. The van der Waals surface area contributed by atoms with E-state index < -0.39 is 11.7 Å². The average molecular weight is 253 g/mol. The van der Waals surface area contributed by atoms with Gasteiger partial charge in [-0.2, -0.15) is 5.10 Å². The summed E-state index contributed by atoms with van der Waals surface area (Å²) < 4.78 is 1.16. The predicted octanol–water partition coefficient (Wildman–Crippen LogP) is -0.150. The molecule has 0 aliphatic rings. The number of carbonyl (C=O) groups excluding carboxylic acids is 1. The van der Waals surface area contributed by atoms with Crippen molar-refractivity contribution in [3.05, 3.63) is 27.2 Å². The van der Waals surface area contributed by atoms with Gasteiger partial charge in [0.25, 0.3) is 11.5 Å². The van der Waals surface area contributed by atoms with Gasteiger partial charge in [-0.3, -0.25) is 9.59 Å². The van der Waals surface area contributed by atoms with Crippen LogP contribution in [0, 0.1) is 13.8 Å². The van der Waals surface area contributed by atoms with Crippen LogP contribution in [0.5, 0.6) is 0 Å². The van der Waals surface area contributed by atoms with Crippen LogP contribution in [0.15, 0.2) is 4.79 Å². The molecule has 1 aromatic rings. The molecule has 100 valence electrons. The Bertz CT molecular complexity index is 520. The third kappa shape index (κ3) is 2.76. The summed E-state index contributed by atoms with van der Waals surface area (Å²) >= 11 is 0. The lowest BCUT2D eigenvalue weighted by molar-refractivity contribution is 0.0700. The molecule has 1 aromatic heterocycles. The van der Waals surface area contributed by atoms with Crippen LogP contribution in [-0.4, -0.2) is 45.4 Å². The number of hydrogen-bond acceptors (Lipinski definition) is 4. The summed E-state index contributed by atoms with van der Waals surface area (Å²) in [6.45, 7) is 5.22. The number of rotatable bonds is 3. The quantitative estimate of drug-likeness (QED) is 0.813. The molecule has 6 heteroatoms. The molecule has 18 heavy (non-hydrogen) atoms. The summed E-state index contributed by atoms with van der Waals surface area (Å²) in [5.74, 6) is -0.389. The highest BCUT2D eigenvalue weighted by Gasteiger charge is 2.21. The Kier molecular flexibility index (Phi) is 4.24. The van der Waals surface area contributed by atoms with Crippen molar-refractivity contribution < 1.29 is 9.90 Å². The Hall–Kier alpha value is -1.69. The van der Waals surface area contributed by atoms with Gasteiger partial charge < -0.3 is 10.0 Å². The molecule has 1 N–H and O–H groups in total. The second-order valence-electron chi connectivity index (χ2n) is 4.55. The molecule has 1 amide bonds. The Morgan fingerprint density at radius 3 is 2.56 bits per heavy atom. The van der Waals surface area contributed by atoms with Crippen LogP contribution in [0.1, 0.15) is 28.5 Å². The van der Waals surface area contributed by atoms with Gasteiger partial charge in [0.05, 0.1) is 11.8 Å². The summed E-state index contributed by atoms with van der Waals surface area (Å²) in [5, 5.41) is 13.3.